The molecular formula is C14H19BrClN. The van der Waals surface area contributed by atoms with Gasteiger partial charge in [-0.2, -0.15) is 0 Å². The number of rotatable bonds is 3. The van der Waals surface area contributed by atoms with E-state index in [-0.39, 0.29) is 0 Å². The Morgan fingerprint density at radius 2 is 2.29 bits per heavy atom. The van der Waals surface area contributed by atoms with Crippen molar-refractivity contribution in [3.63, 3.8) is 0 Å². The van der Waals surface area contributed by atoms with Gasteiger partial charge in [0.2, 0.25) is 0 Å². The largest absolute Gasteiger partial charge is 0.371 e. The highest BCUT2D eigenvalue weighted by molar-refractivity contribution is 9.10. The standard InChI is InChI=1S/C14H19BrClN/c1-2-11-4-3-7-17(10-11)14-6-5-13(15)8-12(14)9-16/h5-6,8,11H,2-4,7,9-10H2,1H3. The molecule has 2 rings (SSSR count). The molecule has 0 aromatic heterocycles. The zero-order valence-electron chi connectivity index (χ0n) is 10.3. The van der Waals surface area contributed by atoms with Crippen LogP contribution in [0, 0.1) is 5.92 Å². The van der Waals surface area contributed by atoms with Crippen LogP contribution in [0.25, 0.3) is 0 Å². The van der Waals surface area contributed by atoms with Crippen molar-refractivity contribution in [2.45, 2.75) is 32.1 Å². The smallest absolute Gasteiger partial charge is 0.0494 e. The number of hydrogen-bond acceptors (Lipinski definition) is 1. The van der Waals surface area contributed by atoms with Crippen LogP contribution in [0.1, 0.15) is 31.7 Å². The molecule has 94 valence electrons. The third-order valence-corrected chi connectivity index (χ3v) is 4.40. The molecular weight excluding hydrogens is 298 g/mol. The second kappa shape index (κ2) is 6.10. The summed E-state index contributed by atoms with van der Waals surface area (Å²) >= 11 is 9.56. The highest BCUT2D eigenvalue weighted by Gasteiger charge is 2.20. The minimum atomic E-state index is 0.585. The molecule has 0 aliphatic carbocycles. The SMILES string of the molecule is CCC1CCCN(c2ccc(Br)cc2CCl)C1. The molecule has 1 atom stereocenters. The van der Waals surface area contributed by atoms with Crippen molar-refractivity contribution < 1.29 is 0 Å². The van der Waals surface area contributed by atoms with Gasteiger partial charge in [-0.25, -0.2) is 0 Å². The average molecular weight is 317 g/mol. The first-order valence-electron chi connectivity index (χ1n) is 6.34. The van der Waals surface area contributed by atoms with E-state index in [0.717, 1.165) is 10.4 Å². The first-order valence-corrected chi connectivity index (χ1v) is 7.66. The molecule has 0 spiro atoms. The Hall–Kier alpha value is -0.210. The molecule has 1 heterocycles. The second-order valence-corrected chi connectivity index (χ2v) is 5.95. The summed E-state index contributed by atoms with van der Waals surface area (Å²) in [6, 6.07) is 6.44. The highest BCUT2D eigenvalue weighted by atomic mass is 79.9. The molecule has 0 saturated carbocycles. The molecule has 0 radical (unpaired) electrons. The molecule has 1 fully saturated rings. The van der Waals surface area contributed by atoms with Crippen molar-refractivity contribution in [1.82, 2.24) is 0 Å². The first-order chi connectivity index (χ1) is 8.24. The number of anilines is 1. The Morgan fingerprint density at radius 1 is 1.47 bits per heavy atom. The number of benzene rings is 1. The number of piperidine rings is 1. The van der Waals surface area contributed by atoms with Crippen LogP contribution >= 0.6 is 27.5 Å². The topological polar surface area (TPSA) is 3.24 Å². The first kappa shape index (κ1) is 13.2. The van der Waals surface area contributed by atoms with Gasteiger partial charge in [0, 0.05) is 29.1 Å². The second-order valence-electron chi connectivity index (χ2n) is 4.77. The van der Waals surface area contributed by atoms with Gasteiger partial charge in [0.15, 0.2) is 0 Å². The lowest BCUT2D eigenvalue weighted by atomic mass is 9.95. The molecule has 0 N–H and O–H groups in total. The summed E-state index contributed by atoms with van der Waals surface area (Å²) in [7, 11) is 0. The van der Waals surface area contributed by atoms with E-state index < -0.39 is 0 Å². The van der Waals surface area contributed by atoms with E-state index in [4.69, 9.17) is 11.6 Å². The minimum absolute atomic E-state index is 0.585. The lowest BCUT2D eigenvalue weighted by Crippen LogP contribution is -2.35. The summed E-state index contributed by atoms with van der Waals surface area (Å²) in [4.78, 5) is 2.50. The highest BCUT2D eigenvalue weighted by Crippen LogP contribution is 2.30. The molecule has 0 amide bonds. The summed E-state index contributed by atoms with van der Waals surface area (Å²) in [5, 5.41) is 0. The predicted octanol–water partition coefficient (Wildman–Crippen LogP) is 4.81. The van der Waals surface area contributed by atoms with Crippen LogP contribution in [0.5, 0.6) is 0 Å². The van der Waals surface area contributed by atoms with Crippen molar-refractivity contribution in [3.05, 3.63) is 28.2 Å². The van der Waals surface area contributed by atoms with Crippen molar-refractivity contribution >= 4 is 33.2 Å². The van der Waals surface area contributed by atoms with E-state index in [1.807, 2.05) is 0 Å². The molecule has 3 heteroatoms. The molecule has 1 aliphatic heterocycles. The third kappa shape index (κ3) is 3.17. The van der Waals surface area contributed by atoms with Gasteiger partial charge in [-0.05, 0) is 42.5 Å². The van der Waals surface area contributed by atoms with Gasteiger partial charge >= 0.3 is 0 Å². The van der Waals surface area contributed by atoms with Gasteiger partial charge in [-0.3, -0.25) is 0 Å². The summed E-state index contributed by atoms with van der Waals surface area (Å²) in [6.07, 6.45) is 3.96. The van der Waals surface area contributed by atoms with Gasteiger partial charge in [0.25, 0.3) is 0 Å². The van der Waals surface area contributed by atoms with Gasteiger partial charge in [0.05, 0.1) is 0 Å². The van der Waals surface area contributed by atoms with E-state index in [1.54, 1.807) is 0 Å². The lowest BCUT2D eigenvalue weighted by molar-refractivity contribution is 0.404. The molecule has 17 heavy (non-hydrogen) atoms. The van der Waals surface area contributed by atoms with Gasteiger partial charge in [-0.15, -0.1) is 11.6 Å². The monoisotopic (exact) mass is 315 g/mol. The van der Waals surface area contributed by atoms with E-state index in [0.29, 0.717) is 5.88 Å². The molecule has 1 aromatic carbocycles. The van der Waals surface area contributed by atoms with Crippen molar-refractivity contribution in [1.29, 1.82) is 0 Å². The summed E-state index contributed by atoms with van der Waals surface area (Å²) < 4.78 is 1.11. The van der Waals surface area contributed by atoms with Crippen LogP contribution in [-0.4, -0.2) is 13.1 Å². The molecule has 0 bridgehead atoms. The van der Waals surface area contributed by atoms with Crippen LogP contribution in [0.2, 0.25) is 0 Å². The Morgan fingerprint density at radius 3 is 3.00 bits per heavy atom. The molecule has 1 unspecified atom stereocenters. The number of hydrogen-bond donors (Lipinski definition) is 0. The third-order valence-electron chi connectivity index (χ3n) is 3.62. The molecule has 1 aliphatic rings. The van der Waals surface area contributed by atoms with E-state index in [1.165, 1.54) is 43.6 Å². The summed E-state index contributed by atoms with van der Waals surface area (Å²) in [5.74, 6) is 1.43. The van der Waals surface area contributed by atoms with Crippen LogP contribution < -0.4 is 4.90 Å². The number of nitrogens with zero attached hydrogens (tertiary/aromatic N) is 1. The lowest BCUT2D eigenvalue weighted by Gasteiger charge is -2.35. The fraction of sp³-hybridized carbons (Fsp3) is 0.571. The van der Waals surface area contributed by atoms with Gasteiger partial charge in [-0.1, -0.05) is 29.3 Å². The number of alkyl halides is 1. The van der Waals surface area contributed by atoms with Crippen molar-refractivity contribution in [2.24, 2.45) is 5.92 Å². The fourth-order valence-corrected chi connectivity index (χ4v) is 3.21. The molecule has 1 saturated heterocycles. The maximum Gasteiger partial charge on any atom is 0.0494 e. The average Bonchev–Trinajstić information content (AvgIpc) is 2.38. The van der Waals surface area contributed by atoms with Crippen LogP contribution in [0.3, 0.4) is 0 Å². The Bertz CT molecular complexity index is 380. The zero-order chi connectivity index (χ0) is 12.3. The Kier molecular flexibility index (Phi) is 4.75. The van der Waals surface area contributed by atoms with Crippen LogP contribution in [0.4, 0.5) is 5.69 Å². The maximum atomic E-state index is 6.05. The Labute approximate surface area is 117 Å². The van der Waals surface area contributed by atoms with E-state index in [2.05, 4.69) is 46.0 Å². The van der Waals surface area contributed by atoms with E-state index in [9.17, 15) is 0 Å². The van der Waals surface area contributed by atoms with E-state index >= 15 is 0 Å². The molecule has 1 aromatic rings. The zero-order valence-corrected chi connectivity index (χ0v) is 12.6. The molecule has 1 nitrogen and oxygen atoms in total. The minimum Gasteiger partial charge on any atom is -0.371 e. The van der Waals surface area contributed by atoms with Crippen LogP contribution in [0.15, 0.2) is 22.7 Å². The van der Waals surface area contributed by atoms with Crippen molar-refractivity contribution in [2.75, 3.05) is 18.0 Å². The van der Waals surface area contributed by atoms with Crippen LogP contribution in [-0.2, 0) is 5.88 Å². The maximum absolute atomic E-state index is 6.05. The summed E-state index contributed by atoms with van der Waals surface area (Å²) in [6.45, 7) is 4.64. The normalized spacial score (nSPS) is 20.6. The fourth-order valence-electron chi connectivity index (χ4n) is 2.59. The summed E-state index contributed by atoms with van der Waals surface area (Å²) in [5.41, 5.74) is 2.55. The quantitative estimate of drug-likeness (QED) is 0.723. The van der Waals surface area contributed by atoms with Gasteiger partial charge in [0.1, 0.15) is 0 Å². The van der Waals surface area contributed by atoms with Crippen molar-refractivity contribution in [3.8, 4) is 0 Å². The number of halogens is 2. The van der Waals surface area contributed by atoms with Gasteiger partial charge < -0.3 is 4.90 Å². The predicted molar refractivity (Wildman–Crippen MR) is 78.9 cm³/mol. The Balaban J connectivity index is 2.20.